The minimum atomic E-state index is -0.0842. The number of hydrogen-bond acceptors (Lipinski definition) is 7. The van der Waals surface area contributed by atoms with Crippen molar-refractivity contribution in [3.8, 4) is 11.4 Å². The van der Waals surface area contributed by atoms with Gasteiger partial charge in [0.1, 0.15) is 10.6 Å². The third kappa shape index (κ3) is 3.83. The molecule has 0 N–H and O–H groups in total. The molecule has 182 valence electrons. The van der Waals surface area contributed by atoms with Gasteiger partial charge in [-0.3, -0.25) is 9.59 Å². The maximum Gasteiger partial charge on any atom is 0.268 e. The van der Waals surface area contributed by atoms with Gasteiger partial charge in [0.25, 0.3) is 5.56 Å². The number of nitrogens with zero attached hydrogens (tertiary/aromatic N) is 4. The van der Waals surface area contributed by atoms with Gasteiger partial charge in [-0.1, -0.05) is 49.0 Å². The number of fused-ring (bicyclic) bond motifs is 5. The molecule has 3 heterocycles. The Kier molecular flexibility index (Phi) is 5.89. The number of thiophene rings is 1. The zero-order valence-electron chi connectivity index (χ0n) is 19.9. The predicted molar refractivity (Wildman–Crippen MR) is 143 cm³/mol. The van der Waals surface area contributed by atoms with E-state index >= 15 is 0 Å². The van der Waals surface area contributed by atoms with Crippen LogP contribution in [0.4, 0.5) is 0 Å². The van der Waals surface area contributed by atoms with Gasteiger partial charge in [0.15, 0.2) is 10.9 Å². The summed E-state index contributed by atoms with van der Waals surface area (Å²) in [6, 6.07) is 16.6. The van der Waals surface area contributed by atoms with Crippen LogP contribution in [0.5, 0.6) is 5.75 Å². The van der Waals surface area contributed by atoms with Crippen molar-refractivity contribution in [2.45, 2.75) is 31.3 Å². The molecule has 1 aliphatic carbocycles. The Bertz CT molecular complexity index is 1650. The summed E-state index contributed by atoms with van der Waals surface area (Å²) in [5.74, 6) is 2.00. The summed E-state index contributed by atoms with van der Waals surface area (Å²) in [5.41, 5.74) is 2.42. The lowest BCUT2D eigenvalue weighted by Crippen LogP contribution is -2.22. The SMILES string of the molecule is COc1ccc(-n2c(=O)c3c4c(sc3n3c(SCC(=O)c5ccccc5)nnc23)CC(C)CC4)cc1. The second-order valence-corrected chi connectivity index (χ2v) is 11.1. The normalized spacial score (nSPS) is 15.3. The summed E-state index contributed by atoms with van der Waals surface area (Å²) in [7, 11) is 1.61. The number of ether oxygens (including phenoxy) is 1. The van der Waals surface area contributed by atoms with Crippen molar-refractivity contribution in [2.24, 2.45) is 5.92 Å². The number of methoxy groups -OCH3 is 1. The van der Waals surface area contributed by atoms with Crippen LogP contribution in [0, 0.1) is 5.92 Å². The molecular formula is C27H24N4O3S2. The second-order valence-electron chi connectivity index (χ2n) is 9.07. The summed E-state index contributed by atoms with van der Waals surface area (Å²) >= 11 is 3.01. The Balaban J connectivity index is 1.53. The number of aryl methyl sites for hydroxylation is 1. The first-order chi connectivity index (χ1) is 17.5. The van der Waals surface area contributed by atoms with Gasteiger partial charge < -0.3 is 4.74 Å². The molecule has 0 aliphatic heterocycles. The fourth-order valence-electron chi connectivity index (χ4n) is 4.80. The van der Waals surface area contributed by atoms with Crippen LogP contribution in [0.15, 0.2) is 64.5 Å². The Morgan fingerprint density at radius 1 is 1.14 bits per heavy atom. The zero-order chi connectivity index (χ0) is 24.8. The maximum atomic E-state index is 14.0. The molecule has 3 aromatic heterocycles. The van der Waals surface area contributed by atoms with Gasteiger partial charge in [-0.15, -0.1) is 21.5 Å². The van der Waals surface area contributed by atoms with Crippen LogP contribution >= 0.6 is 23.1 Å². The van der Waals surface area contributed by atoms with E-state index in [0.29, 0.717) is 33.9 Å². The maximum absolute atomic E-state index is 14.0. The van der Waals surface area contributed by atoms with Crippen molar-refractivity contribution in [1.29, 1.82) is 0 Å². The zero-order valence-corrected chi connectivity index (χ0v) is 21.6. The number of Topliss-reactive ketones (excluding diaryl/α,β-unsaturated/α-hetero) is 1. The molecular weight excluding hydrogens is 492 g/mol. The van der Waals surface area contributed by atoms with E-state index in [1.165, 1.54) is 16.6 Å². The van der Waals surface area contributed by atoms with Crippen LogP contribution in [0.1, 0.15) is 34.1 Å². The van der Waals surface area contributed by atoms with Crippen molar-refractivity contribution in [3.63, 3.8) is 0 Å². The number of ketones is 1. The minimum Gasteiger partial charge on any atom is -0.497 e. The molecule has 7 nitrogen and oxygen atoms in total. The van der Waals surface area contributed by atoms with E-state index < -0.39 is 0 Å². The third-order valence-electron chi connectivity index (χ3n) is 6.69. The average molecular weight is 517 g/mol. The number of carbonyl (C=O) groups is 1. The summed E-state index contributed by atoms with van der Waals surface area (Å²) in [6.45, 7) is 2.26. The molecule has 1 atom stereocenters. The van der Waals surface area contributed by atoms with E-state index in [-0.39, 0.29) is 17.1 Å². The highest BCUT2D eigenvalue weighted by molar-refractivity contribution is 7.99. The van der Waals surface area contributed by atoms with Gasteiger partial charge in [-0.05, 0) is 55.0 Å². The number of carbonyl (C=O) groups excluding carboxylic acids is 1. The van der Waals surface area contributed by atoms with Crippen LogP contribution in [0.25, 0.3) is 21.7 Å². The average Bonchev–Trinajstić information content (AvgIpc) is 3.49. The molecule has 1 unspecified atom stereocenters. The van der Waals surface area contributed by atoms with E-state index in [1.54, 1.807) is 23.0 Å². The highest BCUT2D eigenvalue weighted by Gasteiger charge is 2.27. The first-order valence-corrected chi connectivity index (χ1v) is 13.6. The summed E-state index contributed by atoms with van der Waals surface area (Å²) in [5, 5.41) is 10.2. The van der Waals surface area contributed by atoms with Crippen molar-refractivity contribution >= 4 is 44.9 Å². The third-order valence-corrected chi connectivity index (χ3v) is 8.86. The Labute approximate surface area is 215 Å². The molecule has 0 spiro atoms. The topological polar surface area (TPSA) is 78.5 Å². The van der Waals surface area contributed by atoms with E-state index in [4.69, 9.17) is 4.74 Å². The second kappa shape index (κ2) is 9.22. The first kappa shape index (κ1) is 23.0. The van der Waals surface area contributed by atoms with Crippen molar-refractivity contribution < 1.29 is 9.53 Å². The highest BCUT2D eigenvalue weighted by atomic mass is 32.2. The molecule has 0 saturated carbocycles. The highest BCUT2D eigenvalue weighted by Crippen LogP contribution is 2.38. The number of rotatable bonds is 6. The Hall–Kier alpha value is -3.43. The van der Waals surface area contributed by atoms with Crippen LogP contribution in [-0.2, 0) is 12.8 Å². The van der Waals surface area contributed by atoms with E-state index in [0.717, 1.165) is 35.0 Å². The summed E-state index contributed by atoms with van der Waals surface area (Å²) < 4.78 is 8.89. The van der Waals surface area contributed by atoms with Crippen molar-refractivity contribution in [2.75, 3.05) is 12.9 Å². The molecule has 6 rings (SSSR count). The van der Waals surface area contributed by atoms with Gasteiger partial charge >= 0.3 is 0 Å². The number of hydrogen-bond donors (Lipinski definition) is 0. The standard InChI is InChI=1S/C27H24N4O3S2/c1-16-8-13-20-22(14-16)36-25-23(20)24(33)30(18-9-11-19(34-2)12-10-18)26-28-29-27(31(25)26)35-15-21(32)17-6-4-3-5-7-17/h3-7,9-12,16H,8,13-15H2,1-2H3. The summed E-state index contributed by atoms with van der Waals surface area (Å²) in [6.07, 6.45) is 2.92. The van der Waals surface area contributed by atoms with Gasteiger partial charge in [0.2, 0.25) is 5.78 Å². The monoisotopic (exact) mass is 516 g/mol. The van der Waals surface area contributed by atoms with E-state index in [9.17, 15) is 9.59 Å². The lowest BCUT2D eigenvalue weighted by Gasteiger charge is -2.17. The fourth-order valence-corrected chi connectivity index (χ4v) is 7.18. The molecule has 2 aromatic carbocycles. The van der Waals surface area contributed by atoms with Crippen LogP contribution in [0.2, 0.25) is 0 Å². The number of thioether (sulfide) groups is 1. The van der Waals surface area contributed by atoms with Crippen LogP contribution in [-0.4, -0.2) is 37.8 Å². The molecule has 9 heteroatoms. The molecule has 0 bridgehead atoms. The quantitative estimate of drug-likeness (QED) is 0.228. The largest absolute Gasteiger partial charge is 0.497 e. The molecule has 5 aromatic rings. The number of benzene rings is 2. The van der Waals surface area contributed by atoms with E-state index in [2.05, 4.69) is 17.1 Å². The van der Waals surface area contributed by atoms with Gasteiger partial charge in [0, 0.05) is 10.4 Å². The Morgan fingerprint density at radius 2 is 1.92 bits per heavy atom. The lowest BCUT2D eigenvalue weighted by molar-refractivity contribution is 0.102. The van der Waals surface area contributed by atoms with Gasteiger partial charge in [0.05, 0.1) is 23.9 Å². The molecule has 0 saturated heterocycles. The first-order valence-electron chi connectivity index (χ1n) is 11.8. The van der Waals surface area contributed by atoms with Gasteiger partial charge in [-0.2, -0.15) is 0 Å². The minimum absolute atomic E-state index is 0.0244. The van der Waals surface area contributed by atoms with Crippen LogP contribution < -0.4 is 10.3 Å². The molecule has 0 fully saturated rings. The van der Waals surface area contributed by atoms with Crippen molar-refractivity contribution in [3.05, 3.63) is 81.0 Å². The van der Waals surface area contributed by atoms with Gasteiger partial charge in [-0.25, -0.2) is 8.97 Å². The summed E-state index contributed by atoms with van der Waals surface area (Å²) in [4.78, 5) is 28.9. The lowest BCUT2D eigenvalue weighted by atomic mass is 9.89. The molecule has 0 radical (unpaired) electrons. The predicted octanol–water partition coefficient (Wildman–Crippen LogP) is 5.20. The molecule has 36 heavy (non-hydrogen) atoms. The fraction of sp³-hybridized carbons (Fsp3) is 0.259. The van der Waals surface area contributed by atoms with Crippen molar-refractivity contribution in [1.82, 2.24) is 19.2 Å². The number of aromatic nitrogens is 4. The van der Waals surface area contributed by atoms with Crippen LogP contribution in [0.3, 0.4) is 0 Å². The smallest absolute Gasteiger partial charge is 0.268 e. The molecule has 1 aliphatic rings. The molecule has 0 amide bonds. The van der Waals surface area contributed by atoms with E-state index in [1.807, 2.05) is 59.0 Å². The Morgan fingerprint density at radius 3 is 2.67 bits per heavy atom.